The third kappa shape index (κ3) is 9.96. The first-order chi connectivity index (χ1) is 24.4. The van der Waals surface area contributed by atoms with E-state index in [2.05, 4.69) is 31.9 Å². The van der Waals surface area contributed by atoms with E-state index in [1.165, 1.54) is 0 Å². The third-order valence-electron chi connectivity index (χ3n) is 8.90. The van der Waals surface area contributed by atoms with Crippen LogP contribution in [0.15, 0.2) is 106 Å². The molecule has 0 N–H and O–H groups in total. The van der Waals surface area contributed by atoms with Gasteiger partial charge in [-0.15, -0.1) is 0 Å². The van der Waals surface area contributed by atoms with Crippen LogP contribution in [0.25, 0.3) is 0 Å². The molecular weight excluding hydrogens is 764 g/mol. The van der Waals surface area contributed by atoms with E-state index in [-0.39, 0.29) is 24.0 Å². The molecule has 2 saturated heterocycles. The molecule has 2 heterocycles. The van der Waals surface area contributed by atoms with Crippen LogP contribution in [0.5, 0.6) is 11.5 Å². The molecule has 2 fully saturated rings. The molecule has 0 spiro atoms. The van der Waals surface area contributed by atoms with Crippen LogP contribution in [0.4, 0.5) is 0 Å². The van der Waals surface area contributed by atoms with Crippen molar-refractivity contribution in [2.45, 2.75) is 51.0 Å². The monoisotopic (exact) mass is 804 g/mol. The molecule has 4 aromatic carbocycles. The summed E-state index contributed by atoms with van der Waals surface area (Å²) in [6, 6.07) is 30.6. The fraction of sp³-hybridized carbons (Fsp3) is 0.350. The molecule has 10 heteroatoms. The summed E-state index contributed by atoms with van der Waals surface area (Å²) in [5, 5.41) is 0. The van der Waals surface area contributed by atoms with Gasteiger partial charge in [0.05, 0.1) is 21.2 Å². The predicted octanol–water partition coefficient (Wildman–Crippen LogP) is 8.31. The Labute approximate surface area is 310 Å². The molecule has 0 bridgehead atoms. The van der Waals surface area contributed by atoms with Gasteiger partial charge in [0.25, 0.3) is 11.8 Å². The number of amides is 2. The Morgan fingerprint density at radius 1 is 0.620 bits per heavy atom. The molecule has 0 aromatic heterocycles. The van der Waals surface area contributed by atoms with Crippen molar-refractivity contribution >= 4 is 43.7 Å². The molecule has 2 unspecified atom stereocenters. The lowest BCUT2D eigenvalue weighted by molar-refractivity contribution is 0.0642. The fourth-order valence-corrected chi connectivity index (χ4v) is 7.12. The lowest BCUT2D eigenvalue weighted by Gasteiger charge is -2.29. The SMILES string of the molecule is O=C(c1ccc(OCC2CCCO2)c(Br)c1)N(CCN(Cc1ccccc1)C(=O)c1ccc(OCC2CCCO2)c(Br)c1)Cc1ccccc1. The normalized spacial score (nSPS) is 17.0. The van der Waals surface area contributed by atoms with Gasteiger partial charge in [0.15, 0.2) is 0 Å². The first-order valence-corrected chi connectivity index (χ1v) is 18.8. The number of ether oxygens (including phenoxy) is 4. The molecule has 0 saturated carbocycles. The van der Waals surface area contributed by atoms with Crippen LogP contribution in [0, 0.1) is 0 Å². The zero-order valence-electron chi connectivity index (χ0n) is 28.0. The van der Waals surface area contributed by atoms with Gasteiger partial charge in [-0.3, -0.25) is 9.59 Å². The van der Waals surface area contributed by atoms with E-state index in [9.17, 15) is 9.59 Å². The van der Waals surface area contributed by atoms with Gasteiger partial charge < -0.3 is 28.7 Å². The summed E-state index contributed by atoms with van der Waals surface area (Å²) in [7, 11) is 0. The summed E-state index contributed by atoms with van der Waals surface area (Å²) in [6.45, 7) is 3.91. The maximum Gasteiger partial charge on any atom is 0.254 e. The van der Waals surface area contributed by atoms with E-state index in [4.69, 9.17) is 18.9 Å². The number of nitrogens with zero attached hydrogens (tertiary/aromatic N) is 2. The maximum atomic E-state index is 14.1. The van der Waals surface area contributed by atoms with Gasteiger partial charge in [-0.2, -0.15) is 0 Å². The van der Waals surface area contributed by atoms with Crippen LogP contribution in [0.3, 0.4) is 0 Å². The van der Waals surface area contributed by atoms with Crippen LogP contribution in [0.2, 0.25) is 0 Å². The van der Waals surface area contributed by atoms with Gasteiger partial charge in [0.1, 0.15) is 24.7 Å². The highest BCUT2D eigenvalue weighted by atomic mass is 79.9. The van der Waals surface area contributed by atoms with Crippen LogP contribution >= 0.6 is 31.9 Å². The van der Waals surface area contributed by atoms with Gasteiger partial charge in [-0.1, -0.05) is 60.7 Å². The van der Waals surface area contributed by atoms with E-state index in [1.807, 2.05) is 72.8 Å². The van der Waals surface area contributed by atoms with Crippen molar-refractivity contribution in [3.63, 3.8) is 0 Å². The minimum Gasteiger partial charge on any atom is -0.490 e. The van der Waals surface area contributed by atoms with Crippen molar-refractivity contribution in [2.75, 3.05) is 39.5 Å². The molecule has 4 aromatic rings. The number of rotatable bonds is 15. The van der Waals surface area contributed by atoms with Crippen molar-refractivity contribution < 1.29 is 28.5 Å². The number of halogens is 2. The van der Waals surface area contributed by atoms with E-state index in [0.717, 1.165) is 50.0 Å². The van der Waals surface area contributed by atoms with E-state index in [1.54, 1.807) is 34.1 Å². The highest BCUT2D eigenvalue weighted by molar-refractivity contribution is 9.11. The van der Waals surface area contributed by atoms with Crippen molar-refractivity contribution in [2.24, 2.45) is 0 Å². The van der Waals surface area contributed by atoms with E-state index in [0.29, 0.717) is 71.0 Å². The number of carbonyl (C=O) groups excluding carboxylic acids is 2. The van der Waals surface area contributed by atoms with E-state index >= 15 is 0 Å². The molecule has 6 rings (SSSR count). The van der Waals surface area contributed by atoms with Crippen molar-refractivity contribution in [3.8, 4) is 11.5 Å². The van der Waals surface area contributed by atoms with E-state index < -0.39 is 0 Å². The number of hydrogen-bond donors (Lipinski definition) is 0. The molecule has 2 aliphatic heterocycles. The summed E-state index contributed by atoms with van der Waals surface area (Å²) in [6.07, 6.45) is 4.25. The van der Waals surface area contributed by atoms with Crippen LogP contribution in [-0.4, -0.2) is 73.3 Å². The number of carbonyl (C=O) groups is 2. The molecule has 0 aliphatic carbocycles. The largest absolute Gasteiger partial charge is 0.490 e. The van der Waals surface area contributed by atoms with Crippen molar-refractivity contribution in [3.05, 3.63) is 128 Å². The second kappa shape index (κ2) is 18.0. The first kappa shape index (κ1) is 36.1. The highest BCUT2D eigenvalue weighted by Gasteiger charge is 2.24. The standard InChI is InChI=1S/C40H42Br2N2O6/c41-35-23-31(15-17-37(35)49-27-33-13-7-21-47-33)39(45)43(25-29-9-3-1-4-10-29)19-20-44(26-30-11-5-2-6-12-30)40(46)32-16-18-38(36(42)24-32)50-28-34-14-8-22-48-34/h1-6,9-12,15-18,23-24,33-34H,7-8,13-14,19-22,25-28H2. The van der Waals surface area contributed by atoms with Gasteiger partial charge in [-0.05, 0) is 105 Å². The number of hydrogen-bond acceptors (Lipinski definition) is 6. The Hall–Kier alpha value is -3.70. The summed E-state index contributed by atoms with van der Waals surface area (Å²) >= 11 is 7.23. The second-order valence-electron chi connectivity index (χ2n) is 12.6. The first-order valence-electron chi connectivity index (χ1n) is 17.2. The smallest absolute Gasteiger partial charge is 0.254 e. The molecule has 8 nitrogen and oxygen atoms in total. The molecule has 2 atom stereocenters. The third-order valence-corrected chi connectivity index (χ3v) is 10.1. The zero-order valence-corrected chi connectivity index (χ0v) is 31.1. The highest BCUT2D eigenvalue weighted by Crippen LogP contribution is 2.29. The van der Waals surface area contributed by atoms with Gasteiger partial charge in [0, 0.05) is 50.5 Å². The molecule has 50 heavy (non-hydrogen) atoms. The topological polar surface area (TPSA) is 77.5 Å². The Balaban J connectivity index is 1.19. The summed E-state index contributed by atoms with van der Waals surface area (Å²) in [4.78, 5) is 31.9. The Morgan fingerprint density at radius 3 is 1.40 bits per heavy atom. The maximum absolute atomic E-state index is 14.1. The molecule has 262 valence electrons. The Kier molecular flexibility index (Phi) is 13.0. The Bertz CT molecular complexity index is 1580. The lowest BCUT2D eigenvalue weighted by atomic mass is 10.1. The van der Waals surface area contributed by atoms with Crippen molar-refractivity contribution in [1.29, 1.82) is 0 Å². The van der Waals surface area contributed by atoms with Gasteiger partial charge >= 0.3 is 0 Å². The quantitative estimate of drug-likeness (QED) is 0.120. The van der Waals surface area contributed by atoms with Crippen LogP contribution < -0.4 is 9.47 Å². The number of benzene rings is 4. The van der Waals surface area contributed by atoms with Crippen LogP contribution in [0.1, 0.15) is 57.5 Å². The van der Waals surface area contributed by atoms with Gasteiger partial charge in [-0.25, -0.2) is 0 Å². The Morgan fingerprint density at radius 2 is 1.04 bits per heavy atom. The molecule has 2 amide bonds. The molecule has 2 aliphatic rings. The molecule has 0 radical (unpaired) electrons. The summed E-state index contributed by atoms with van der Waals surface area (Å²) in [5.74, 6) is 1.06. The molecular formula is C40H42Br2N2O6. The lowest BCUT2D eigenvalue weighted by Crippen LogP contribution is -2.40. The second-order valence-corrected chi connectivity index (χ2v) is 14.3. The minimum atomic E-state index is -0.136. The fourth-order valence-electron chi connectivity index (χ4n) is 6.14. The van der Waals surface area contributed by atoms with Gasteiger partial charge in [0.2, 0.25) is 0 Å². The average Bonchev–Trinajstić information content (AvgIpc) is 3.87. The zero-order chi connectivity index (χ0) is 34.7. The predicted molar refractivity (Wildman–Crippen MR) is 200 cm³/mol. The summed E-state index contributed by atoms with van der Waals surface area (Å²) < 4.78 is 24.8. The van der Waals surface area contributed by atoms with Crippen LogP contribution in [-0.2, 0) is 22.6 Å². The van der Waals surface area contributed by atoms with Crippen molar-refractivity contribution in [1.82, 2.24) is 9.80 Å². The summed E-state index contributed by atoms with van der Waals surface area (Å²) in [5.41, 5.74) is 3.06. The minimum absolute atomic E-state index is 0.0928. The average molecular weight is 807 g/mol.